The monoisotopic (exact) mass is 454 g/mol. The van der Waals surface area contributed by atoms with Gasteiger partial charge in [-0.15, -0.1) is 0 Å². The number of benzene rings is 2. The largest absolute Gasteiger partial charge is 0.497 e. The lowest BCUT2D eigenvalue weighted by atomic mass is 9.86. The lowest BCUT2D eigenvalue weighted by molar-refractivity contribution is -0.941. The van der Waals surface area contributed by atoms with Crippen molar-refractivity contribution in [1.29, 1.82) is 0 Å². The molecule has 0 saturated carbocycles. The summed E-state index contributed by atoms with van der Waals surface area (Å²) in [7, 11) is 7.35. The SMILES string of the molecule is C/C=C\C(=O)OCCC[N+]1(C)CCc2cc(OC)c(OC)cc2C1Cc1ccc(OC)cc1. The Hall–Kier alpha value is -2.99. The van der Waals surface area contributed by atoms with Gasteiger partial charge in [-0.3, -0.25) is 0 Å². The Labute approximate surface area is 197 Å². The third-order valence-electron chi connectivity index (χ3n) is 6.60. The average Bonchev–Trinajstić information content (AvgIpc) is 2.83. The first-order valence-electron chi connectivity index (χ1n) is 11.5. The number of hydrogen-bond donors (Lipinski definition) is 0. The first kappa shape index (κ1) is 24.6. The average molecular weight is 455 g/mol. The maximum atomic E-state index is 11.7. The third-order valence-corrected chi connectivity index (χ3v) is 6.60. The van der Waals surface area contributed by atoms with Gasteiger partial charge in [0.25, 0.3) is 0 Å². The number of hydrogen-bond acceptors (Lipinski definition) is 5. The van der Waals surface area contributed by atoms with E-state index in [0.29, 0.717) is 6.61 Å². The van der Waals surface area contributed by atoms with Crippen LogP contribution in [0.2, 0.25) is 0 Å². The highest BCUT2D eigenvalue weighted by atomic mass is 16.5. The van der Waals surface area contributed by atoms with Crippen LogP contribution in [0.3, 0.4) is 0 Å². The van der Waals surface area contributed by atoms with E-state index in [0.717, 1.165) is 54.1 Å². The number of methoxy groups -OCH3 is 3. The molecular weight excluding hydrogens is 418 g/mol. The number of carbonyl (C=O) groups excluding carboxylic acids is 1. The van der Waals surface area contributed by atoms with E-state index in [4.69, 9.17) is 18.9 Å². The lowest BCUT2D eigenvalue weighted by Gasteiger charge is -2.46. The van der Waals surface area contributed by atoms with E-state index in [2.05, 4.69) is 31.3 Å². The summed E-state index contributed by atoms with van der Waals surface area (Å²) >= 11 is 0. The zero-order valence-corrected chi connectivity index (χ0v) is 20.4. The third kappa shape index (κ3) is 5.88. The molecule has 0 aliphatic carbocycles. The number of rotatable bonds is 10. The molecule has 3 rings (SSSR count). The zero-order valence-electron chi connectivity index (χ0n) is 20.4. The van der Waals surface area contributed by atoms with Crippen LogP contribution in [-0.4, -0.2) is 58.5 Å². The van der Waals surface area contributed by atoms with Gasteiger partial charge in [-0.25, -0.2) is 4.79 Å². The van der Waals surface area contributed by atoms with Crippen molar-refractivity contribution in [2.24, 2.45) is 0 Å². The van der Waals surface area contributed by atoms with E-state index in [1.54, 1.807) is 27.4 Å². The Morgan fingerprint density at radius 3 is 2.39 bits per heavy atom. The second-order valence-electron chi connectivity index (χ2n) is 8.67. The molecule has 0 radical (unpaired) electrons. The highest BCUT2D eigenvalue weighted by Gasteiger charge is 2.39. The van der Waals surface area contributed by atoms with Gasteiger partial charge < -0.3 is 23.4 Å². The molecule has 2 aromatic carbocycles. The van der Waals surface area contributed by atoms with Crippen molar-refractivity contribution in [3.8, 4) is 17.2 Å². The molecule has 178 valence electrons. The molecule has 0 spiro atoms. The van der Waals surface area contributed by atoms with Crippen LogP contribution < -0.4 is 14.2 Å². The molecular formula is C27H36NO5+. The van der Waals surface area contributed by atoms with Crippen molar-refractivity contribution in [2.75, 3.05) is 48.1 Å². The first-order chi connectivity index (χ1) is 15.9. The number of nitrogens with zero attached hydrogens (tertiary/aromatic N) is 1. The predicted octanol–water partition coefficient (Wildman–Crippen LogP) is 4.51. The van der Waals surface area contributed by atoms with Crippen molar-refractivity contribution in [3.05, 3.63) is 65.2 Å². The summed E-state index contributed by atoms with van der Waals surface area (Å²) in [6.45, 7) is 4.15. The van der Waals surface area contributed by atoms with Crippen LogP contribution in [0.1, 0.15) is 36.1 Å². The molecule has 1 aliphatic heterocycles. The Bertz CT molecular complexity index is 969. The van der Waals surface area contributed by atoms with Crippen LogP contribution in [-0.2, 0) is 22.4 Å². The van der Waals surface area contributed by atoms with Gasteiger partial charge in [0.1, 0.15) is 11.8 Å². The highest BCUT2D eigenvalue weighted by Crippen LogP contribution is 2.42. The summed E-state index contributed by atoms with van der Waals surface area (Å²) < 4.78 is 22.7. The minimum Gasteiger partial charge on any atom is -0.497 e. The number of likely N-dealkylation sites (N-methyl/N-ethyl adjacent to an activating group) is 1. The molecule has 0 fully saturated rings. The summed E-state index contributed by atoms with van der Waals surface area (Å²) in [5.74, 6) is 2.10. The van der Waals surface area contributed by atoms with Gasteiger partial charge in [-0.05, 0) is 42.3 Å². The van der Waals surface area contributed by atoms with Gasteiger partial charge in [0.05, 0.1) is 48.1 Å². The van der Waals surface area contributed by atoms with E-state index in [1.165, 1.54) is 22.8 Å². The summed E-state index contributed by atoms with van der Waals surface area (Å²) in [6, 6.07) is 12.8. The fourth-order valence-electron chi connectivity index (χ4n) is 4.70. The molecule has 2 unspecified atom stereocenters. The lowest BCUT2D eigenvalue weighted by Crippen LogP contribution is -2.52. The Morgan fingerprint density at radius 2 is 1.76 bits per heavy atom. The molecule has 0 amide bonds. The van der Waals surface area contributed by atoms with E-state index in [1.807, 2.05) is 19.1 Å². The van der Waals surface area contributed by atoms with Gasteiger partial charge in [-0.2, -0.15) is 0 Å². The molecule has 0 aromatic heterocycles. The number of allylic oxidation sites excluding steroid dienone is 1. The molecule has 1 aliphatic rings. The Balaban J connectivity index is 1.88. The Morgan fingerprint density at radius 1 is 1.06 bits per heavy atom. The summed E-state index contributed by atoms with van der Waals surface area (Å²) in [5.41, 5.74) is 3.86. The molecule has 1 heterocycles. The summed E-state index contributed by atoms with van der Waals surface area (Å²) in [4.78, 5) is 11.7. The zero-order chi connectivity index (χ0) is 23.8. The quantitative estimate of drug-likeness (QED) is 0.229. The van der Waals surface area contributed by atoms with Gasteiger partial charge in [0, 0.05) is 30.9 Å². The van der Waals surface area contributed by atoms with Crippen LogP contribution in [0.5, 0.6) is 17.2 Å². The van der Waals surface area contributed by atoms with E-state index in [9.17, 15) is 4.79 Å². The maximum absolute atomic E-state index is 11.7. The smallest absolute Gasteiger partial charge is 0.330 e. The van der Waals surface area contributed by atoms with Crippen molar-refractivity contribution in [2.45, 2.75) is 32.2 Å². The van der Waals surface area contributed by atoms with Gasteiger partial charge >= 0.3 is 5.97 Å². The molecule has 0 N–H and O–H groups in total. The number of fused-ring (bicyclic) bond motifs is 1. The van der Waals surface area contributed by atoms with Gasteiger partial charge in [-0.1, -0.05) is 18.2 Å². The number of ether oxygens (including phenoxy) is 4. The van der Waals surface area contributed by atoms with Crippen molar-refractivity contribution in [1.82, 2.24) is 0 Å². The van der Waals surface area contributed by atoms with Crippen LogP contribution in [0.25, 0.3) is 0 Å². The van der Waals surface area contributed by atoms with Crippen LogP contribution in [0.15, 0.2) is 48.6 Å². The van der Waals surface area contributed by atoms with E-state index < -0.39 is 0 Å². The topological polar surface area (TPSA) is 54.0 Å². The van der Waals surface area contributed by atoms with Crippen molar-refractivity contribution < 1.29 is 28.2 Å². The molecule has 0 saturated heterocycles. The first-order valence-corrected chi connectivity index (χ1v) is 11.5. The molecule has 33 heavy (non-hydrogen) atoms. The van der Waals surface area contributed by atoms with Gasteiger partial charge in [0.15, 0.2) is 11.5 Å². The fraction of sp³-hybridized carbons (Fsp3) is 0.444. The van der Waals surface area contributed by atoms with Crippen molar-refractivity contribution in [3.63, 3.8) is 0 Å². The maximum Gasteiger partial charge on any atom is 0.330 e. The van der Waals surface area contributed by atoms with Crippen LogP contribution >= 0.6 is 0 Å². The second kappa shape index (κ2) is 11.2. The molecule has 6 heteroatoms. The Kier molecular flexibility index (Phi) is 8.39. The molecule has 2 atom stereocenters. The van der Waals surface area contributed by atoms with Crippen molar-refractivity contribution >= 4 is 5.97 Å². The van der Waals surface area contributed by atoms with Crippen LogP contribution in [0, 0.1) is 0 Å². The number of quaternary nitrogens is 1. The van der Waals surface area contributed by atoms with E-state index in [-0.39, 0.29) is 12.0 Å². The minimum absolute atomic E-state index is 0.244. The number of esters is 1. The van der Waals surface area contributed by atoms with Gasteiger partial charge in [0.2, 0.25) is 0 Å². The summed E-state index contributed by atoms with van der Waals surface area (Å²) in [6.07, 6.45) is 5.82. The molecule has 0 bridgehead atoms. The van der Waals surface area contributed by atoms with E-state index >= 15 is 0 Å². The normalized spacial score (nSPS) is 19.7. The summed E-state index contributed by atoms with van der Waals surface area (Å²) in [5, 5.41) is 0. The predicted molar refractivity (Wildman–Crippen MR) is 129 cm³/mol. The van der Waals surface area contributed by atoms with Crippen LogP contribution in [0.4, 0.5) is 0 Å². The highest BCUT2D eigenvalue weighted by molar-refractivity contribution is 5.81. The molecule has 6 nitrogen and oxygen atoms in total. The number of carbonyl (C=O) groups is 1. The fourth-order valence-corrected chi connectivity index (χ4v) is 4.70. The second-order valence-corrected chi connectivity index (χ2v) is 8.67. The molecule has 2 aromatic rings. The minimum atomic E-state index is -0.282. The standard InChI is InChI=1S/C27H36NO5/c1-6-8-27(29)33-16-7-14-28(2)15-13-21-18-25(31-4)26(32-5)19-23(21)24(28)17-20-9-11-22(30-3)12-10-20/h6,8-12,18-19,24H,7,13-17H2,1-5H3/q+1/b8-6-.